The maximum Gasteiger partial charge on any atom is 0.186 e. The third-order valence-corrected chi connectivity index (χ3v) is 7.60. The van der Waals surface area contributed by atoms with Crippen LogP contribution < -0.4 is 0 Å². The summed E-state index contributed by atoms with van der Waals surface area (Å²) in [6, 6.07) is 29.4. The van der Waals surface area contributed by atoms with Gasteiger partial charge < -0.3 is 48.5 Å². The lowest BCUT2D eigenvalue weighted by Crippen LogP contribution is -2.61. The molecule has 3 aromatic carbocycles. The topological polar surface area (TPSA) is 125 Å². The number of methoxy groups -OCH3 is 1. The lowest BCUT2D eigenvalue weighted by atomic mass is 9.97. The van der Waals surface area contributed by atoms with Crippen LogP contribution >= 0.6 is 0 Å². The van der Waals surface area contributed by atoms with Crippen molar-refractivity contribution < 1.29 is 48.5 Å². The second-order valence-electron chi connectivity index (χ2n) is 10.6. The molecule has 3 N–H and O–H groups in total. The number of benzene rings is 3. The highest BCUT2D eigenvalue weighted by atomic mass is 16.7. The van der Waals surface area contributed by atoms with Crippen molar-refractivity contribution in [3.8, 4) is 0 Å². The molecule has 0 radical (unpaired) electrons. The van der Waals surface area contributed by atoms with E-state index in [2.05, 4.69) is 0 Å². The molecule has 0 spiro atoms. The molecule has 5 rings (SSSR count). The lowest BCUT2D eigenvalue weighted by Gasteiger charge is -2.45. The average Bonchev–Trinajstić information content (AvgIpc) is 3.34. The second kappa shape index (κ2) is 15.8. The minimum absolute atomic E-state index is 0.0808. The fourth-order valence-electron chi connectivity index (χ4n) is 5.26. The van der Waals surface area contributed by atoms with E-state index in [4.69, 9.17) is 33.2 Å². The molecule has 2 saturated heterocycles. The SMILES string of the molecule is CO[C@H]1O[C@H](CO[C@H]2O[C@H](CO)[C@@H](O)[C@@H]2O)[C@@H](OCc2ccccc2)[C@H](OCc2ccccc2)[C@@H]1OCc1ccccc1. The van der Waals surface area contributed by atoms with E-state index in [1.54, 1.807) is 0 Å². The monoisotopic (exact) mass is 596 g/mol. The molecule has 2 fully saturated rings. The molecule has 2 aliphatic heterocycles. The largest absolute Gasteiger partial charge is 0.394 e. The Balaban J connectivity index is 1.39. The van der Waals surface area contributed by atoms with Gasteiger partial charge >= 0.3 is 0 Å². The zero-order chi connectivity index (χ0) is 30.0. The molecular weight excluding hydrogens is 556 g/mol. The zero-order valence-electron chi connectivity index (χ0n) is 24.1. The van der Waals surface area contributed by atoms with E-state index in [1.807, 2.05) is 91.0 Å². The van der Waals surface area contributed by atoms with Gasteiger partial charge in [0, 0.05) is 7.11 Å². The molecule has 43 heavy (non-hydrogen) atoms. The summed E-state index contributed by atoms with van der Waals surface area (Å²) in [4.78, 5) is 0. The molecule has 2 aliphatic rings. The third-order valence-electron chi connectivity index (χ3n) is 7.60. The average molecular weight is 597 g/mol. The van der Waals surface area contributed by atoms with Crippen LogP contribution in [0.25, 0.3) is 0 Å². The van der Waals surface area contributed by atoms with Crippen molar-refractivity contribution in [2.75, 3.05) is 20.3 Å². The summed E-state index contributed by atoms with van der Waals surface area (Å²) < 4.78 is 43.1. The van der Waals surface area contributed by atoms with Crippen LogP contribution in [-0.2, 0) is 53.0 Å². The van der Waals surface area contributed by atoms with Gasteiger partial charge in [0.05, 0.1) is 33.0 Å². The summed E-state index contributed by atoms with van der Waals surface area (Å²) in [6.07, 6.45) is -8.30. The molecule has 0 bridgehead atoms. The Labute approximate surface area is 251 Å². The number of aliphatic hydroxyl groups is 3. The second-order valence-corrected chi connectivity index (χ2v) is 10.6. The van der Waals surface area contributed by atoms with Crippen LogP contribution in [0.15, 0.2) is 91.0 Å². The van der Waals surface area contributed by atoms with Gasteiger partial charge in [-0.15, -0.1) is 0 Å². The van der Waals surface area contributed by atoms with Crippen molar-refractivity contribution in [1.82, 2.24) is 0 Å². The molecule has 10 nitrogen and oxygen atoms in total. The van der Waals surface area contributed by atoms with Crippen molar-refractivity contribution in [1.29, 1.82) is 0 Å². The summed E-state index contributed by atoms with van der Waals surface area (Å²) in [7, 11) is 1.53. The molecule has 232 valence electrons. The van der Waals surface area contributed by atoms with Crippen LogP contribution in [0.2, 0.25) is 0 Å². The van der Waals surface area contributed by atoms with Gasteiger partial charge in [-0.05, 0) is 16.7 Å². The van der Waals surface area contributed by atoms with E-state index in [9.17, 15) is 15.3 Å². The normalized spacial score (nSPS) is 30.8. The minimum atomic E-state index is -1.34. The first-order chi connectivity index (χ1) is 21.1. The number of rotatable bonds is 14. The van der Waals surface area contributed by atoms with E-state index in [-0.39, 0.29) is 13.2 Å². The van der Waals surface area contributed by atoms with Crippen molar-refractivity contribution >= 4 is 0 Å². The summed E-state index contributed by atoms with van der Waals surface area (Å²) >= 11 is 0. The first kappa shape index (κ1) is 31.7. The van der Waals surface area contributed by atoms with Gasteiger partial charge in [-0.3, -0.25) is 0 Å². The van der Waals surface area contributed by atoms with Gasteiger partial charge in [0.15, 0.2) is 12.6 Å². The third kappa shape index (κ3) is 8.25. The Bertz CT molecular complexity index is 1200. The molecule has 2 heterocycles. The summed E-state index contributed by atoms with van der Waals surface area (Å²) in [5.41, 5.74) is 2.92. The lowest BCUT2D eigenvalue weighted by molar-refractivity contribution is -0.328. The molecule has 0 aromatic heterocycles. The van der Waals surface area contributed by atoms with Crippen LogP contribution in [0.1, 0.15) is 16.7 Å². The van der Waals surface area contributed by atoms with E-state index >= 15 is 0 Å². The van der Waals surface area contributed by atoms with Gasteiger partial charge in [-0.2, -0.15) is 0 Å². The summed E-state index contributed by atoms with van der Waals surface area (Å²) in [5.74, 6) is 0. The van der Waals surface area contributed by atoms with Crippen LogP contribution in [0, 0.1) is 0 Å². The number of aliphatic hydroxyl groups excluding tert-OH is 3. The number of ether oxygens (including phenoxy) is 7. The molecule has 3 aromatic rings. The van der Waals surface area contributed by atoms with E-state index in [0.717, 1.165) is 16.7 Å². The van der Waals surface area contributed by atoms with E-state index < -0.39 is 61.9 Å². The Morgan fingerprint density at radius 1 is 0.558 bits per heavy atom. The van der Waals surface area contributed by atoms with Crippen molar-refractivity contribution in [3.05, 3.63) is 108 Å². The Hall–Kier alpha value is -2.74. The van der Waals surface area contributed by atoms with Crippen molar-refractivity contribution in [2.45, 2.75) is 75.1 Å². The highest BCUT2D eigenvalue weighted by molar-refractivity contribution is 5.15. The summed E-state index contributed by atoms with van der Waals surface area (Å²) in [5, 5.41) is 30.1. The van der Waals surface area contributed by atoms with Gasteiger partial charge in [0.25, 0.3) is 0 Å². The predicted octanol–water partition coefficient (Wildman–Crippen LogP) is 2.57. The van der Waals surface area contributed by atoms with Crippen LogP contribution in [0.3, 0.4) is 0 Å². The van der Waals surface area contributed by atoms with Gasteiger partial charge in [-0.1, -0.05) is 91.0 Å². The fourth-order valence-corrected chi connectivity index (χ4v) is 5.26. The fraction of sp³-hybridized carbons (Fsp3) is 0.455. The molecule has 0 aliphatic carbocycles. The molecule has 0 unspecified atom stereocenters. The Morgan fingerprint density at radius 3 is 1.49 bits per heavy atom. The van der Waals surface area contributed by atoms with Crippen molar-refractivity contribution in [3.63, 3.8) is 0 Å². The molecular formula is C33H40O10. The highest BCUT2D eigenvalue weighted by Crippen LogP contribution is 2.32. The van der Waals surface area contributed by atoms with Gasteiger partial charge in [-0.25, -0.2) is 0 Å². The van der Waals surface area contributed by atoms with Gasteiger partial charge in [0.1, 0.15) is 42.7 Å². The first-order valence-corrected chi connectivity index (χ1v) is 14.5. The zero-order valence-corrected chi connectivity index (χ0v) is 24.1. The Morgan fingerprint density at radius 2 is 1.02 bits per heavy atom. The van der Waals surface area contributed by atoms with Crippen LogP contribution in [-0.4, -0.2) is 91.0 Å². The summed E-state index contributed by atoms with van der Waals surface area (Å²) in [6.45, 7) is 0.328. The van der Waals surface area contributed by atoms with Crippen LogP contribution in [0.4, 0.5) is 0 Å². The molecule has 0 saturated carbocycles. The maximum absolute atomic E-state index is 10.4. The quantitative estimate of drug-likeness (QED) is 0.256. The van der Waals surface area contributed by atoms with Crippen LogP contribution in [0.5, 0.6) is 0 Å². The molecule has 9 atom stereocenters. The standard InChI is InChI=1S/C33H40O10/c1-37-33-31(40-20-24-15-9-4-10-16-24)30(39-19-23-13-7-3-8-14-23)29(38-18-22-11-5-2-6-12-22)26(43-33)21-41-32-28(36)27(35)25(17-34)42-32/h2-16,25-36H,17-21H2,1H3/t25-,26-,27-,28+,29-,30+,31+,32+,33+/m1/s1. The maximum atomic E-state index is 10.4. The predicted molar refractivity (Wildman–Crippen MR) is 154 cm³/mol. The van der Waals surface area contributed by atoms with Gasteiger partial charge in [0.2, 0.25) is 0 Å². The molecule has 0 amide bonds. The van der Waals surface area contributed by atoms with Crippen molar-refractivity contribution in [2.24, 2.45) is 0 Å². The first-order valence-electron chi connectivity index (χ1n) is 14.5. The van der Waals surface area contributed by atoms with E-state index in [0.29, 0.717) is 13.2 Å². The Kier molecular flexibility index (Phi) is 11.7. The smallest absolute Gasteiger partial charge is 0.186 e. The molecule has 10 heteroatoms. The number of hydrogen-bond donors (Lipinski definition) is 3. The number of hydrogen-bond acceptors (Lipinski definition) is 10. The highest BCUT2D eigenvalue weighted by Gasteiger charge is 2.50. The van der Waals surface area contributed by atoms with E-state index in [1.165, 1.54) is 7.11 Å². The minimum Gasteiger partial charge on any atom is -0.394 e.